The van der Waals surface area contributed by atoms with Crippen molar-refractivity contribution in [1.82, 2.24) is 5.32 Å². The summed E-state index contributed by atoms with van der Waals surface area (Å²) in [5, 5.41) is 11.7. The number of aliphatic carboxylic acids is 1. The molecule has 1 heterocycles. The van der Waals surface area contributed by atoms with E-state index in [1.807, 2.05) is 6.92 Å². The maximum atomic E-state index is 11.9. The summed E-state index contributed by atoms with van der Waals surface area (Å²) in [6.45, 7) is 6.16. The van der Waals surface area contributed by atoms with Crippen LogP contribution in [-0.4, -0.2) is 35.7 Å². The van der Waals surface area contributed by atoms with Gasteiger partial charge in [0.05, 0.1) is 0 Å². The zero-order valence-corrected chi connectivity index (χ0v) is 10.5. The third kappa shape index (κ3) is 3.56. The fourth-order valence-electron chi connectivity index (χ4n) is 1.65. The van der Waals surface area contributed by atoms with Crippen LogP contribution in [0.3, 0.4) is 0 Å². The van der Waals surface area contributed by atoms with Crippen LogP contribution < -0.4 is 5.32 Å². The number of hydrogen-bond acceptors (Lipinski definition) is 3. The fraction of sp³-hybridized carbons (Fsp3) is 0.667. The van der Waals surface area contributed by atoms with E-state index in [-0.39, 0.29) is 22.6 Å². The highest BCUT2D eigenvalue weighted by molar-refractivity contribution is 6.01. The van der Waals surface area contributed by atoms with Crippen LogP contribution in [-0.2, 0) is 14.3 Å². The first-order valence-electron chi connectivity index (χ1n) is 5.67. The third-order valence-corrected chi connectivity index (χ3v) is 3.24. The quantitative estimate of drug-likeness (QED) is 0.725. The van der Waals surface area contributed by atoms with Gasteiger partial charge in [-0.05, 0) is 33.6 Å². The molecular formula is C12H19NO4. The molecule has 0 radical (unpaired) electrons. The monoisotopic (exact) mass is 241 g/mol. The van der Waals surface area contributed by atoms with E-state index in [0.29, 0.717) is 13.2 Å². The lowest BCUT2D eigenvalue weighted by molar-refractivity contribution is -0.133. The van der Waals surface area contributed by atoms with Crippen molar-refractivity contribution >= 4 is 11.9 Å². The highest BCUT2D eigenvalue weighted by Crippen LogP contribution is 2.20. The molecule has 0 atom stereocenters. The first kappa shape index (κ1) is 13.7. The lowest BCUT2D eigenvalue weighted by atomic mass is 9.92. The lowest BCUT2D eigenvalue weighted by Gasteiger charge is -2.34. The number of nitrogens with one attached hydrogen (secondary N) is 1. The number of carbonyl (C=O) groups excluding carboxylic acids is 1. The molecule has 96 valence electrons. The van der Waals surface area contributed by atoms with Crippen molar-refractivity contribution < 1.29 is 19.4 Å². The van der Waals surface area contributed by atoms with Gasteiger partial charge in [-0.2, -0.15) is 0 Å². The fourth-order valence-corrected chi connectivity index (χ4v) is 1.65. The second-order valence-electron chi connectivity index (χ2n) is 4.68. The number of amides is 1. The van der Waals surface area contributed by atoms with Gasteiger partial charge in [0.25, 0.3) is 0 Å². The van der Waals surface area contributed by atoms with Crippen LogP contribution in [0.1, 0.15) is 33.6 Å². The maximum Gasteiger partial charge on any atom is 0.331 e. The van der Waals surface area contributed by atoms with Crippen LogP contribution in [0.15, 0.2) is 11.1 Å². The summed E-state index contributed by atoms with van der Waals surface area (Å²) in [6, 6.07) is 0. The number of ether oxygens (including phenoxy) is 1. The summed E-state index contributed by atoms with van der Waals surface area (Å²) in [4.78, 5) is 22.6. The first-order valence-corrected chi connectivity index (χ1v) is 5.67. The predicted molar refractivity (Wildman–Crippen MR) is 62.6 cm³/mol. The molecule has 0 unspecified atom stereocenters. The second kappa shape index (κ2) is 5.31. The average molecular weight is 241 g/mol. The van der Waals surface area contributed by atoms with Crippen molar-refractivity contribution in [1.29, 1.82) is 0 Å². The molecule has 1 amide bonds. The number of carboxylic acids is 1. The van der Waals surface area contributed by atoms with Crippen LogP contribution in [0.2, 0.25) is 0 Å². The Hall–Kier alpha value is -1.36. The summed E-state index contributed by atoms with van der Waals surface area (Å²) < 4.78 is 5.24. The summed E-state index contributed by atoms with van der Waals surface area (Å²) in [6.07, 6.45) is 1.50. The standard InChI is InChI=1S/C12H19NO4/c1-8(9(2)11(15)16)10(14)13-12(3)4-6-17-7-5-12/h4-7H2,1-3H3,(H,13,14)(H,15,16). The Morgan fingerprint density at radius 1 is 1.18 bits per heavy atom. The van der Waals surface area contributed by atoms with Gasteiger partial charge in [0.1, 0.15) is 0 Å². The molecule has 1 fully saturated rings. The van der Waals surface area contributed by atoms with E-state index in [0.717, 1.165) is 12.8 Å². The molecule has 0 aromatic heterocycles. The molecule has 0 aromatic carbocycles. The van der Waals surface area contributed by atoms with Gasteiger partial charge in [-0.3, -0.25) is 4.79 Å². The molecule has 0 bridgehead atoms. The second-order valence-corrected chi connectivity index (χ2v) is 4.68. The highest BCUT2D eigenvalue weighted by Gasteiger charge is 2.29. The Labute approximate surface area is 101 Å². The zero-order chi connectivity index (χ0) is 13.1. The molecule has 0 saturated carbocycles. The normalized spacial score (nSPS) is 20.4. The Kier molecular flexibility index (Phi) is 4.28. The van der Waals surface area contributed by atoms with E-state index in [1.165, 1.54) is 13.8 Å². The van der Waals surface area contributed by atoms with Crippen LogP contribution in [0, 0.1) is 0 Å². The van der Waals surface area contributed by atoms with E-state index >= 15 is 0 Å². The van der Waals surface area contributed by atoms with Gasteiger partial charge in [-0.25, -0.2) is 4.79 Å². The smallest absolute Gasteiger partial charge is 0.331 e. The number of hydrogen-bond donors (Lipinski definition) is 2. The molecule has 0 aliphatic carbocycles. The Balaban J connectivity index is 2.72. The Morgan fingerprint density at radius 2 is 1.71 bits per heavy atom. The van der Waals surface area contributed by atoms with Gasteiger partial charge in [0, 0.05) is 29.9 Å². The Morgan fingerprint density at radius 3 is 2.18 bits per heavy atom. The summed E-state index contributed by atoms with van der Waals surface area (Å²) in [5.74, 6) is -1.37. The van der Waals surface area contributed by atoms with Gasteiger partial charge >= 0.3 is 5.97 Å². The number of carbonyl (C=O) groups is 2. The lowest BCUT2D eigenvalue weighted by Crippen LogP contribution is -2.50. The van der Waals surface area contributed by atoms with Gasteiger partial charge in [0.2, 0.25) is 5.91 Å². The topological polar surface area (TPSA) is 75.6 Å². The van der Waals surface area contributed by atoms with Crippen molar-refractivity contribution in [3.05, 3.63) is 11.1 Å². The molecule has 1 aliphatic rings. The van der Waals surface area contributed by atoms with E-state index in [4.69, 9.17) is 9.84 Å². The van der Waals surface area contributed by atoms with Crippen LogP contribution in [0.25, 0.3) is 0 Å². The molecular weight excluding hydrogens is 222 g/mol. The van der Waals surface area contributed by atoms with Crippen molar-refractivity contribution in [2.45, 2.75) is 39.2 Å². The van der Waals surface area contributed by atoms with Crippen LogP contribution in [0.5, 0.6) is 0 Å². The first-order chi connectivity index (χ1) is 7.86. The minimum Gasteiger partial charge on any atom is -0.478 e. The predicted octanol–water partition coefficient (Wildman–Crippen LogP) is 1.09. The summed E-state index contributed by atoms with van der Waals surface area (Å²) >= 11 is 0. The molecule has 5 heteroatoms. The van der Waals surface area contributed by atoms with Crippen molar-refractivity contribution in [2.75, 3.05) is 13.2 Å². The van der Waals surface area contributed by atoms with E-state index < -0.39 is 5.97 Å². The van der Waals surface area contributed by atoms with Gasteiger partial charge in [-0.1, -0.05) is 0 Å². The van der Waals surface area contributed by atoms with Crippen molar-refractivity contribution in [2.24, 2.45) is 0 Å². The largest absolute Gasteiger partial charge is 0.478 e. The highest BCUT2D eigenvalue weighted by atomic mass is 16.5. The molecule has 0 aromatic rings. The summed E-state index contributed by atoms with van der Waals surface area (Å²) in [5.41, 5.74) is 0.0402. The van der Waals surface area contributed by atoms with E-state index in [9.17, 15) is 9.59 Å². The van der Waals surface area contributed by atoms with Gasteiger partial charge in [-0.15, -0.1) is 0 Å². The number of rotatable bonds is 3. The molecule has 1 saturated heterocycles. The van der Waals surface area contributed by atoms with Gasteiger partial charge < -0.3 is 15.2 Å². The van der Waals surface area contributed by atoms with Crippen LogP contribution >= 0.6 is 0 Å². The third-order valence-electron chi connectivity index (χ3n) is 3.24. The molecule has 2 N–H and O–H groups in total. The van der Waals surface area contributed by atoms with Gasteiger partial charge in [0.15, 0.2) is 0 Å². The molecule has 5 nitrogen and oxygen atoms in total. The minimum atomic E-state index is -1.06. The molecule has 1 rings (SSSR count). The van der Waals surface area contributed by atoms with E-state index in [1.54, 1.807) is 0 Å². The average Bonchev–Trinajstić information content (AvgIpc) is 2.27. The maximum absolute atomic E-state index is 11.9. The van der Waals surface area contributed by atoms with Crippen molar-refractivity contribution in [3.8, 4) is 0 Å². The van der Waals surface area contributed by atoms with E-state index in [2.05, 4.69) is 5.32 Å². The molecule has 17 heavy (non-hydrogen) atoms. The Bertz CT molecular complexity index is 354. The van der Waals surface area contributed by atoms with Crippen molar-refractivity contribution in [3.63, 3.8) is 0 Å². The SMILES string of the molecule is CC(C(=O)O)=C(C)C(=O)NC1(C)CCOCC1. The molecule has 1 aliphatic heterocycles. The zero-order valence-electron chi connectivity index (χ0n) is 10.5. The summed E-state index contributed by atoms with van der Waals surface area (Å²) in [7, 11) is 0. The minimum absolute atomic E-state index is 0.0816. The number of carboxylic acid groups (broad SMARTS) is 1. The molecule has 0 spiro atoms. The van der Waals surface area contributed by atoms with Crippen LogP contribution in [0.4, 0.5) is 0 Å².